The first kappa shape index (κ1) is 17.8. The second-order valence-corrected chi connectivity index (χ2v) is 8.25. The number of hydrogen-bond donors (Lipinski definition) is 1. The topological polar surface area (TPSA) is 81.5 Å². The molecule has 0 radical (unpaired) electrons. The monoisotopic (exact) mass is 422 g/mol. The van der Waals surface area contributed by atoms with Gasteiger partial charge in [-0.1, -0.05) is 0 Å². The van der Waals surface area contributed by atoms with Crippen LogP contribution in [0.1, 0.15) is 9.67 Å². The Balaban J connectivity index is 1.51. The Bertz CT molecular complexity index is 1210. The van der Waals surface area contributed by atoms with Crippen molar-refractivity contribution in [1.82, 2.24) is 9.97 Å². The lowest BCUT2D eigenvalue weighted by Crippen LogP contribution is -2.14. The average Bonchev–Trinajstić information content (AvgIpc) is 3.42. The zero-order chi connectivity index (χ0) is 19.8. The van der Waals surface area contributed by atoms with E-state index in [1.807, 2.05) is 35.7 Å². The van der Waals surface area contributed by atoms with Crippen LogP contribution in [0.2, 0.25) is 0 Å². The van der Waals surface area contributed by atoms with Gasteiger partial charge in [-0.2, -0.15) is 0 Å². The summed E-state index contributed by atoms with van der Waals surface area (Å²) in [5.41, 5.74) is 3.35. The van der Waals surface area contributed by atoms with Crippen LogP contribution in [0, 0.1) is 0 Å². The molecule has 5 rings (SSSR count). The zero-order valence-corrected chi connectivity index (χ0v) is 16.6. The summed E-state index contributed by atoms with van der Waals surface area (Å²) in [4.78, 5) is 22.3. The van der Waals surface area contributed by atoms with Crippen molar-refractivity contribution in [3.05, 3.63) is 59.0 Å². The lowest BCUT2D eigenvalue weighted by molar-refractivity contribution is 0.0702. The van der Waals surface area contributed by atoms with Gasteiger partial charge in [-0.15, -0.1) is 22.7 Å². The van der Waals surface area contributed by atoms with E-state index in [1.54, 1.807) is 29.8 Å². The molecule has 6 nitrogen and oxygen atoms in total. The van der Waals surface area contributed by atoms with Crippen molar-refractivity contribution in [2.24, 2.45) is 0 Å². The van der Waals surface area contributed by atoms with Crippen LogP contribution in [0.3, 0.4) is 0 Å². The number of nitrogens with zero attached hydrogens (tertiary/aromatic N) is 2. The molecular weight excluding hydrogens is 408 g/mol. The van der Waals surface area contributed by atoms with Gasteiger partial charge in [0.25, 0.3) is 0 Å². The summed E-state index contributed by atoms with van der Waals surface area (Å²) in [6.45, 7) is 1.10. The first-order valence-corrected chi connectivity index (χ1v) is 10.5. The minimum absolute atomic E-state index is 0.308. The summed E-state index contributed by atoms with van der Waals surface area (Å²) in [6.07, 6.45) is 3.46. The van der Waals surface area contributed by atoms with Crippen molar-refractivity contribution < 1.29 is 19.4 Å². The molecule has 144 valence electrons. The summed E-state index contributed by atoms with van der Waals surface area (Å²) in [6, 6.07) is 11.1. The number of pyridine rings is 2. The van der Waals surface area contributed by atoms with Crippen LogP contribution in [-0.4, -0.2) is 34.3 Å². The highest BCUT2D eigenvalue weighted by Crippen LogP contribution is 2.45. The van der Waals surface area contributed by atoms with E-state index in [0.29, 0.717) is 18.1 Å². The van der Waals surface area contributed by atoms with Crippen molar-refractivity contribution in [2.45, 2.75) is 0 Å². The van der Waals surface area contributed by atoms with E-state index in [1.165, 1.54) is 11.3 Å². The molecule has 1 N–H and O–H groups in total. The Kier molecular flexibility index (Phi) is 4.49. The van der Waals surface area contributed by atoms with Gasteiger partial charge in [0.15, 0.2) is 11.5 Å². The number of carboxylic acid groups (broad SMARTS) is 1. The fourth-order valence-corrected chi connectivity index (χ4v) is 4.88. The minimum atomic E-state index is -0.921. The van der Waals surface area contributed by atoms with E-state index < -0.39 is 5.97 Å². The molecule has 0 aliphatic carbocycles. The molecular formula is C21H14N2O4S2. The normalized spacial score (nSPS) is 12.7. The van der Waals surface area contributed by atoms with E-state index in [0.717, 1.165) is 43.8 Å². The number of fused-ring (bicyclic) bond motifs is 1. The van der Waals surface area contributed by atoms with Crippen LogP contribution in [0.25, 0.3) is 32.3 Å². The summed E-state index contributed by atoms with van der Waals surface area (Å²) in [5, 5.41) is 11.1. The van der Waals surface area contributed by atoms with Gasteiger partial charge in [0.1, 0.15) is 18.1 Å². The number of aromatic nitrogens is 2. The largest absolute Gasteiger partial charge is 0.485 e. The van der Waals surface area contributed by atoms with Crippen molar-refractivity contribution in [3.63, 3.8) is 0 Å². The average molecular weight is 422 g/mol. The van der Waals surface area contributed by atoms with E-state index in [9.17, 15) is 4.79 Å². The maximum atomic E-state index is 11.2. The highest BCUT2D eigenvalue weighted by molar-refractivity contribution is 7.17. The third-order valence-corrected chi connectivity index (χ3v) is 6.56. The fourth-order valence-electron chi connectivity index (χ4n) is 3.11. The lowest BCUT2D eigenvalue weighted by atomic mass is 10.1. The van der Waals surface area contributed by atoms with Crippen LogP contribution < -0.4 is 9.47 Å². The van der Waals surface area contributed by atoms with E-state index in [2.05, 4.69) is 9.97 Å². The summed E-state index contributed by atoms with van der Waals surface area (Å²) in [5.74, 6) is 0.636. The first-order chi connectivity index (χ1) is 14.2. The second kappa shape index (κ2) is 7.31. The van der Waals surface area contributed by atoms with Crippen molar-refractivity contribution >= 4 is 28.6 Å². The molecule has 1 aliphatic heterocycles. The molecule has 0 aromatic carbocycles. The van der Waals surface area contributed by atoms with Gasteiger partial charge in [0.05, 0.1) is 16.3 Å². The number of hydrogen-bond acceptors (Lipinski definition) is 7. The molecule has 4 aromatic rings. The molecule has 0 amide bonds. The van der Waals surface area contributed by atoms with Gasteiger partial charge in [-0.25, -0.2) is 4.79 Å². The zero-order valence-electron chi connectivity index (χ0n) is 15.0. The predicted molar refractivity (Wildman–Crippen MR) is 112 cm³/mol. The van der Waals surface area contributed by atoms with Crippen LogP contribution in [-0.2, 0) is 0 Å². The summed E-state index contributed by atoms with van der Waals surface area (Å²) in [7, 11) is 0. The Labute approximate surface area is 174 Å². The number of ether oxygens (including phenoxy) is 2. The standard InChI is InChI=1S/C21H14N2O4S2/c24-21(25)18-2-1-17(29-18)12-3-5-22-14(9-12)15-10-13(4-6-23-15)20-19-16(11-28-20)26-7-8-27-19/h1-6,9-11H,7-8H2,(H,24,25). The summed E-state index contributed by atoms with van der Waals surface area (Å²) < 4.78 is 11.4. The number of thiophene rings is 2. The van der Waals surface area contributed by atoms with E-state index in [-0.39, 0.29) is 0 Å². The van der Waals surface area contributed by atoms with Gasteiger partial charge >= 0.3 is 5.97 Å². The predicted octanol–water partition coefficient (Wildman–Crippen LogP) is 5.07. The summed E-state index contributed by atoms with van der Waals surface area (Å²) >= 11 is 2.81. The molecule has 5 heterocycles. The molecule has 0 saturated heterocycles. The number of rotatable bonds is 4. The highest BCUT2D eigenvalue weighted by atomic mass is 32.1. The molecule has 29 heavy (non-hydrogen) atoms. The molecule has 0 atom stereocenters. The number of carbonyl (C=O) groups is 1. The van der Waals surface area contributed by atoms with Crippen LogP contribution in [0.15, 0.2) is 54.2 Å². The molecule has 4 aromatic heterocycles. The second-order valence-electron chi connectivity index (χ2n) is 6.28. The molecule has 0 fully saturated rings. The minimum Gasteiger partial charge on any atom is -0.485 e. The Morgan fingerprint density at radius 2 is 1.69 bits per heavy atom. The SMILES string of the molecule is O=C(O)c1ccc(-c2ccnc(-c3cc(-c4scc5c4OCCO5)ccn3)c2)s1. The third kappa shape index (κ3) is 3.37. The van der Waals surface area contributed by atoms with Gasteiger partial charge in [0, 0.05) is 22.7 Å². The number of aromatic carboxylic acids is 1. The highest BCUT2D eigenvalue weighted by Gasteiger charge is 2.20. The molecule has 0 bridgehead atoms. The lowest BCUT2D eigenvalue weighted by Gasteiger charge is -2.16. The Morgan fingerprint density at radius 3 is 2.45 bits per heavy atom. The van der Waals surface area contributed by atoms with Crippen molar-refractivity contribution in [3.8, 4) is 43.8 Å². The molecule has 0 saturated carbocycles. The van der Waals surface area contributed by atoms with Gasteiger partial charge in [0.2, 0.25) is 0 Å². The molecule has 8 heteroatoms. The Hall–Kier alpha value is -3.23. The van der Waals surface area contributed by atoms with Gasteiger partial charge in [-0.05, 0) is 47.5 Å². The van der Waals surface area contributed by atoms with Crippen molar-refractivity contribution in [1.29, 1.82) is 0 Å². The molecule has 0 unspecified atom stereocenters. The quantitative estimate of drug-likeness (QED) is 0.494. The smallest absolute Gasteiger partial charge is 0.345 e. The Morgan fingerprint density at radius 1 is 0.966 bits per heavy atom. The van der Waals surface area contributed by atoms with Crippen LogP contribution in [0.4, 0.5) is 0 Å². The van der Waals surface area contributed by atoms with E-state index in [4.69, 9.17) is 14.6 Å². The van der Waals surface area contributed by atoms with Gasteiger partial charge in [-0.3, -0.25) is 9.97 Å². The van der Waals surface area contributed by atoms with Crippen LogP contribution in [0.5, 0.6) is 11.5 Å². The first-order valence-electron chi connectivity index (χ1n) is 8.82. The molecule has 0 spiro atoms. The van der Waals surface area contributed by atoms with Gasteiger partial charge < -0.3 is 14.6 Å². The fraction of sp³-hybridized carbons (Fsp3) is 0.0952. The van der Waals surface area contributed by atoms with Crippen molar-refractivity contribution in [2.75, 3.05) is 13.2 Å². The van der Waals surface area contributed by atoms with Crippen LogP contribution >= 0.6 is 22.7 Å². The molecule has 1 aliphatic rings. The number of carboxylic acids is 1. The third-order valence-electron chi connectivity index (χ3n) is 4.45. The maximum Gasteiger partial charge on any atom is 0.345 e. The maximum absolute atomic E-state index is 11.2. The van der Waals surface area contributed by atoms with E-state index >= 15 is 0 Å².